The van der Waals surface area contributed by atoms with E-state index < -0.39 is 0 Å². The van der Waals surface area contributed by atoms with Crippen molar-refractivity contribution in [2.75, 3.05) is 0 Å². The molecule has 3 unspecified atom stereocenters. The van der Waals surface area contributed by atoms with Crippen LogP contribution in [0.5, 0.6) is 0 Å². The summed E-state index contributed by atoms with van der Waals surface area (Å²) >= 11 is 0. The molecule has 1 aromatic carbocycles. The van der Waals surface area contributed by atoms with Crippen LogP contribution in [0.25, 0.3) is 10.9 Å². The molecule has 0 aliphatic heterocycles. The minimum absolute atomic E-state index is 0.0458. The lowest BCUT2D eigenvalue weighted by Gasteiger charge is -2.33. The van der Waals surface area contributed by atoms with Gasteiger partial charge >= 0.3 is 0 Å². The van der Waals surface area contributed by atoms with Crippen molar-refractivity contribution in [3.63, 3.8) is 0 Å². The summed E-state index contributed by atoms with van der Waals surface area (Å²) in [5, 5.41) is 4.31. The fourth-order valence-electron chi connectivity index (χ4n) is 3.40. The highest BCUT2D eigenvalue weighted by Crippen LogP contribution is 2.29. The normalized spacial score (nSPS) is 26.6. The molecule has 1 aromatic heterocycles. The number of para-hydroxylation sites is 1. The largest absolute Gasteiger partial charge is 0.361 e. The molecular formula is C17H22N2O. The van der Waals surface area contributed by atoms with Gasteiger partial charge < -0.3 is 10.3 Å². The Balaban J connectivity index is 1.78. The summed E-state index contributed by atoms with van der Waals surface area (Å²) < 4.78 is 0. The molecule has 1 aliphatic carbocycles. The molecule has 3 nitrogen and oxygen atoms in total. The van der Waals surface area contributed by atoms with E-state index in [1.54, 1.807) is 0 Å². The molecule has 106 valence electrons. The molecule has 3 heteroatoms. The van der Waals surface area contributed by atoms with Gasteiger partial charge in [-0.25, -0.2) is 0 Å². The predicted octanol–water partition coefficient (Wildman–Crippen LogP) is 3.72. The Morgan fingerprint density at radius 2 is 2.10 bits per heavy atom. The number of aromatic nitrogens is 1. The lowest BCUT2D eigenvalue weighted by atomic mass is 9.80. The van der Waals surface area contributed by atoms with E-state index in [1.807, 2.05) is 30.5 Å². The summed E-state index contributed by atoms with van der Waals surface area (Å²) in [6.45, 7) is 4.55. The summed E-state index contributed by atoms with van der Waals surface area (Å²) in [5.41, 5.74) is 1.68. The number of carbonyl (C=O) groups is 1. The van der Waals surface area contributed by atoms with Crippen molar-refractivity contribution in [3.05, 3.63) is 36.0 Å². The highest BCUT2D eigenvalue weighted by atomic mass is 16.1. The van der Waals surface area contributed by atoms with Crippen molar-refractivity contribution in [2.45, 2.75) is 39.2 Å². The molecule has 0 radical (unpaired) electrons. The van der Waals surface area contributed by atoms with Gasteiger partial charge in [0, 0.05) is 17.6 Å². The summed E-state index contributed by atoms with van der Waals surface area (Å²) in [5.74, 6) is 1.39. The third kappa shape index (κ3) is 2.45. The molecule has 1 saturated carbocycles. The van der Waals surface area contributed by atoms with Gasteiger partial charge in [-0.2, -0.15) is 0 Å². The first kappa shape index (κ1) is 13.2. The molecule has 1 heterocycles. The third-order valence-electron chi connectivity index (χ3n) is 4.58. The topological polar surface area (TPSA) is 44.9 Å². The zero-order chi connectivity index (χ0) is 14.1. The van der Waals surface area contributed by atoms with E-state index in [1.165, 1.54) is 12.8 Å². The van der Waals surface area contributed by atoms with Crippen LogP contribution in [-0.4, -0.2) is 16.9 Å². The molecule has 1 fully saturated rings. The average Bonchev–Trinajstić information content (AvgIpc) is 2.90. The smallest absolute Gasteiger partial charge is 0.253 e. The van der Waals surface area contributed by atoms with Gasteiger partial charge in [0.2, 0.25) is 0 Å². The van der Waals surface area contributed by atoms with Gasteiger partial charge in [0.1, 0.15) is 0 Å². The summed E-state index contributed by atoms with van der Waals surface area (Å²) in [6.07, 6.45) is 5.39. The minimum Gasteiger partial charge on any atom is -0.361 e. The number of rotatable bonds is 2. The first-order valence-electron chi connectivity index (χ1n) is 7.52. The van der Waals surface area contributed by atoms with Crippen molar-refractivity contribution < 1.29 is 4.79 Å². The summed E-state index contributed by atoms with van der Waals surface area (Å²) in [7, 11) is 0. The Labute approximate surface area is 119 Å². The maximum atomic E-state index is 12.5. The number of aromatic amines is 1. The number of carbonyl (C=O) groups excluding carboxylic acids is 1. The zero-order valence-electron chi connectivity index (χ0n) is 12.1. The number of hydrogen-bond donors (Lipinski definition) is 2. The van der Waals surface area contributed by atoms with E-state index in [-0.39, 0.29) is 5.91 Å². The molecule has 0 bridgehead atoms. The number of fused-ring (bicyclic) bond motifs is 1. The quantitative estimate of drug-likeness (QED) is 0.858. The SMILES string of the molecule is CC1CCC(NC(=O)c2cccc3cc[nH]c23)C(C)C1. The number of hydrogen-bond acceptors (Lipinski definition) is 1. The fourth-order valence-corrected chi connectivity index (χ4v) is 3.40. The minimum atomic E-state index is 0.0458. The van der Waals surface area contributed by atoms with Crippen LogP contribution >= 0.6 is 0 Å². The van der Waals surface area contributed by atoms with Crippen molar-refractivity contribution in [1.29, 1.82) is 0 Å². The predicted molar refractivity (Wildman–Crippen MR) is 81.7 cm³/mol. The second kappa shape index (κ2) is 5.31. The molecule has 1 amide bonds. The van der Waals surface area contributed by atoms with Crippen molar-refractivity contribution in [3.8, 4) is 0 Å². The molecule has 0 spiro atoms. The van der Waals surface area contributed by atoms with E-state index in [2.05, 4.69) is 24.1 Å². The van der Waals surface area contributed by atoms with Crippen LogP contribution in [0.2, 0.25) is 0 Å². The molecular weight excluding hydrogens is 248 g/mol. The monoisotopic (exact) mass is 270 g/mol. The number of H-pyrrole nitrogens is 1. The molecule has 1 aliphatic rings. The lowest BCUT2D eigenvalue weighted by Crippen LogP contribution is -2.42. The third-order valence-corrected chi connectivity index (χ3v) is 4.58. The Bertz CT molecular complexity index is 616. The van der Waals surface area contributed by atoms with Crippen LogP contribution in [0.4, 0.5) is 0 Å². The van der Waals surface area contributed by atoms with Crippen molar-refractivity contribution in [2.24, 2.45) is 11.8 Å². The molecule has 3 rings (SSSR count). The van der Waals surface area contributed by atoms with E-state index in [4.69, 9.17) is 0 Å². The van der Waals surface area contributed by atoms with Crippen molar-refractivity contribution >= 4 is 16.8 Å². The molecule has 0 saturated heterocycles. The van der Waals surface area contributed by atoms with E-state index in [9.17, 15) is 4.79 Å². The van der Waals surface area contributed by atoms with Gasteiger partial charge in [0.25, 0.3) is 5.91 Å². The van der Waals surface area contributed by atoms with Crippen LogP contribution in [0.15, 0.2) is 30.5 Å². The van der Waals surface area contributed by atoms with Crippen LogP contribution in [0.1, 0.15) is 43.5 Å². The molecule has 3 atom stereocenters. The van der Waals surface area contributed by atoms with Gasteiger partial charge in [-0.1, -0.05) is 26.0 Å². The van der Waals surface area contributed by atoms with Crippen molar-refractivity contribution in [1.82, 2.24) is 10.3 Å². The Kier molecular flexibility index (Phi) is 3.51. The molecule has 20 heavy (non-hydrogen) atoms. The Morgan fingerprint density at radius 1 is 1.25 bits per heavy atom. The highest BCUT2D eigenvalue weighted by Gasteiger charge is 2.27. The van der Waals surface area contributed by atoms with E-state index >= 15 is 0 Å². The van der Waals surface area contributed by atoms with Crippen LogP contribution in [0.3, 0.4) is 0 Å². The highest BCUT2D eigenvalue weighted by molar-refractivity contribution is 6.05. The number of amides is 1. The van der Waals surface area contributed by atoms with Gasteiger partial charge in [0.15, 0.2) is 0 Å². The van der Waals surface area contributed by atoms with Crippen LogP contribution < -0.4 is 5.32 Å². The summed E-state index contributed by atoms with van der Waals surface area (Å²) in [4.78, 5) is 15.7. The molecule has 2 aromatic rings. The fraction of sp³-hybridized carbons (Fsp3) is 0.471. The number of nitrogens with one attached hydrogen (secondary N) is 2. The lowest BCUT2D eigenvalue weighted by molar-refractivity contribution is 0.0901. The standard InChI is InChI=1S/C17H22N2O/c1-11-6-7-15(12(2)10-11)19-17(20)14-5-3-4-13-8-9-18-16(13)14/h3-5,8-9,11-12,15,18H,6-7,10H2,1-2H3,(H,19,20). The molecule has 2 N–H and O–H groups in total. The van der Waals surface area contributed by atoms with Gasteiger partial charge in [-0.15, -0.1) is 0 Å². The zero-order valence-corrected chi connectivity index (χ0v) is 12.1. The van der Waals surface area contributed by atoms with E-state index in [0.29, 0.717) is 12.0 Å². The number of benzene rings is 1. The first-order chi connectivity index (χ1) is 9.65. The van der Waals surface area contributed by atoms with Crippen LogP contribution in [0, 0.1) is 11.8 Å². The maximum absolute atomic E-state index is 12.5. The second-order valence-corrected chi connectivity index (χ2v) is 6.22. The second-order valence-electron chi connectivity index (χ2n) is 6.22. The van der Waals surface area contributed by atoms with E-state index in [0.717, 1.165) is 28.8 Å². The Hall–Kier alpha value is -1.77. The first-order valence-corrected chi connectivity index (χ1v) is 7.52. The Morgan fingerprint density at radius 3 is 2.90 bits per heavy atom. The van der Waals surface area contributed by atoms with Gasteiger partial charge in [-0.3, -0.25) is 4.79 Å². The maximum Gasteiger partial charge on any atom is 0.253 e. The van der Waals surface area contributed by atoms with Gasteiger partial charge in [0.05, 0.1) is 11.1 Å². The van der Waals surface area contributed by atoms with Crippen LogP contribution in [-0.2, 0) is 0 Å². The summed E-state index contributed by atoms with van der Waals surface area (Å²) in [6, 6.07) is 8.16. The van der Waals surface area contributed by atoms with Gasteiger partial charge in [-0.05, 0) is 43.2 Å². The average molecular weight is 270 g/mol.